The first-order valence-corrected chi connectivity index (χ1v) is 9.25. The van der Waals surface area contributed by atoms with Crippen LogP contribution < -0.4 is 10.1 Å². The number of rotatable bonds is 7. The first-order valence-electron chi connectivity index (χ1n) is 9.25. The summed E-state index contributed by atoms with van der Waals surface area (Å²) >= 11 is 0. The van der Waals surface area contributed by atoms with Gasteiger partial charge >= 0.3 is 6.36 Å². The second-order valence-corrected chi connectivity index (χ2v) is 6.53. The number of nitrogens with zero attached hydrogens (tertiary/aromatic N) is 2. The summed E-state index contributed by atoms with van der Waals surface area (Å²) in [5.74, 6) is 0.609. The zero-order valence-electron chi connectivity index (χ0n) is 16.6. The van der Waals surface area contributed by atoms with Crippen molar-refractivity contribution in [1.29, 1.82) is 0 Å². The van der Waals surface area contributed by atoms with Gasteiger partial charge in [-0.3, -0.25) is 0 Å². The molecule has 152 valence electrons. The van der Waals surface area contributed by atoms with Gasteiger partial charge in [-0.1, -0.05) is 19.4 Å². The Labute approximate surface area is 164 Å². The molecule has 28 heavy (non-hydrogen) atoms. The van der Waals surface area contributed by atoms with Crippen LogP contribution in [-0.2, 0) is 0 Å². The SMILES string of the molecule is CCCN1C=CC(=C(/C)Nc2ccc(OC(F)(F)F)cc2)/C1=N\C=C(/C)CC. The largest absolute Gasteiger partial charge is 0.573 e. The molecule has 4 nitrogen and oxygen atoms in total. The van der Waals surface area contributed by atoms with Crippen LogP contribution in [0.15, 0.2) is 64.6 Å². The maximum atomic E-state index is 12.3. The smallest absolute Gasteiger partial charge is 0.406 e. The lowest BCUT2D eigenvalue weighted by molar-refractivity contribution is -0.274. The van der Waals surface area contributed by atoms with Crippen molar-refractivity contribution >= 4 is 11.5 Å². The monoisotopic (exact) mass is 393 g/mol. The molecule has 0 saturated heterocycles. The van der Waals surface area contributed by atoms with Crippen LogP contribution in [0, 0.1) is 0 Å². The zero-order valence-corrected chi connectivity index (χ0v) is 16.6. The Kier molecular flexibility index (Phi) is 7.31. The Morgan fingerprint density at radius 1 is 1.18 bits per heavy atom. The van der Waals surface area contributed by atoms with Gasteiger partial charge in [-0.25, -0.2) is 4.99 Å². The standard InChI is InChI=1S/C21H26F3N3O/c1-5-12-27-13-11-19(20(27)25-14-15(3)6-2)16(4)26-17-7-9-18(10-8-17)28-21(22,23)24/h7-11,13-14,26H,5-6,12H2,1-4H3/b15-14+,19-16+,25-20+. The molecule has 0 unspecified atom stereocenters. The minimum Gasteiger partial charge on any atom is -0.406 e. The zero-order chi connectivity index (χ0) is 20.7. The molecule has 1 aliphatic rings. The maximum absolute atomic E-state index is 12.3. The quantitative estimate of drug-likeness (QED) is 0.597. The Bertz CT molecular complexity index is 790. The van der Waals surface area contributed by atoms with Crippen molar-refractivity contribution in [2.75, 3.05) is 11.9 Å². The normalized spacial score (nSPS) is 18.0. The number of hydrogen-bond acceptors (Lipinski definition) is 3. The summed E-state index contributed by atoms with van der Waals surface area (Å²) in [6, 6.07) is 5.66. The molecule has 0 radical (unpaired) electrons. The van der Waals surface area contributed by atoms with Crippen LogP contribution in [0.25, 0.3) is 0 Å². The number of halogens is 3. The van der Waals surface area contributed by atoms with Crippen molar-refractivity contribution in [2.45, 2.75) is 46.9 Å². The van der Waals surface area contributed by atoms with Gasteiger partial charge in [-0.15, -0.1) is 13.2 Å². The van der Waals surface area contributed by atoms with Crippen LogP contribution in [0.2, 0.25) is 0 Å². The Balaban J connectivity index is 2.23. The molecule has 1 aromatic rings. The van der Waals surface area contributed by atoms with Crippen LogP contribution in [0.4, 0.5) is 18.9 Å². The minimum atomic E-state index is -4.69. The lowest BCUT2D eigenvalue weighted by Gasteiger charge is -2.18. The average molecular weight is 393 g/mol. The van der Waals surface area contributed by atoms with Gasteiger partial charge in [-0.05, 0) is 57.0 Å². The van der Waals surface area contributed by atoms with Crippen molar-refractivity contribution in [3.63, 3.8) is 0 Å². The third-order valence-electron chi connectivity index (χ3n) is 4.19. The van der Waals surface area contributed by atoms with Crippen molar-refractivity contribution in [1.82, 2.24) is 4.90 Å². The third kappa shape index (κ3) is 6.18. The summed E-state index contributed by atoms with van der Waals surface area (Å²) in [6.07, 6.45) is 3.09. The average Bonchev–Trinajstić information content (AvgIpc) is 3.03. The van der Waals surface area contributed by atoms with Gasteiger partial charge < -0.3 is 15.0 Å². The van der Waals surface area contributed by atoms with Gasteiger partial charge in [0.25, 0.3) is 0 Å². The molecule has 1 heterocycles. The summed E-state index contributed by atoms with van der Waals surface area (Å²) in [6.45, 7) is 9.00. The van der Waals surface area contributed by atoms with E-state index in [1.54, 1.807) is 12.1 Å². The number of allylic oxidation sites excluding steroid dienone is 2. The van der Waals surface area contributed by atoms with Crippen LogP contribution >= 0.6 is 0 Å². The van der Waals surface area contributed by atoms with Gasteiger partial charge in [0.1, 0.15) is 11.6 Å². The summed E-state index contributed by atoms with van der Waals surface area (Å²) in [4.78, 5) is 6.77. The number of alkyl halides is 3. The fraction of sp³-hybridized carbons (Fsp3) is 0.381. The molecule has 0 spiro atoms. The fourth-order valence-corrected chi connectivity index (χ4v) is 2.61. The van der Waals surface area contributed by atoms with E-state index in [2.05, 4.69) is 33.8 Å². The lowest BCUT2D eigenvalue weighted by Crippen LogP contribution is -2.24. The molecule has 7 heteroatoms. The highest BCUT2D eigenvalue weighted by Crippen LogP contribution is 2.26. The molecule has 0 atom stereocenters. The summed E-state index contributed by atoms with van der Waals surface area (Å²) in [7, 11) is 0. The van der Waals surface area contributed by atoms with Gasteiger partial charge in [0.15, 0.2) is 0 Å². The van der Waals surface area contributed by atoms with Gasteiger partial charge in [0.05, 0.1) is 0 Å². The highest BCUT2D eigenvalue weighted by atomic mass is 19.4. The van der Waals surface area contributed by atoms with E-state index in [9.17, 15) is 13.2 Å². The van der Waals surface area contributed by atoms with E-state index in [1.165, 1.54) is 17.7 Å². The Morgan fingerprint density at radius 2 is 1.86 bits per heavy atom. The first-order chi connectivity index (χ1) is 13.2. The molecule has 1 aliphatic heterocycles. The van der Waals surface area contributed by atoms with Crippen molar-refractivity contribution in [3.8, 4) is 5.75 Å². The molecule has 0 aliphatic carbocycles. The Hall–Kier alpha value is -2.70. The number of hydrogen-bond donors (Lipinski definition) is 1. The second-order valence-electron chi connectivity index (χ2n) is 6.53. The molecular formula is C21H26F3N3O. The van der Waals surface area contributed by atoms with Crippen LogP contribution in [0.3, 0.4) is 0 Å². The van der Waals surface area contributed by atoms with Crippen LogP contribution in [0.1, 0.15) is 40.5 Å². The van der Waals surface area contributed by atoms with Crippen molar-refractivity contribution in [2.24, 2.45) is 4.99 Å². The van der Waals surface area contributed by atoms with E-state index in [0.717, 1.165) is 36.5 Å². The van der Waals surface area contributed by atoms with E-state index in [-0.39, 0.29) is 5.75 Å². The molecule has 1 aromatic carbocycles. The summed E-state index contributed by atoms with van der Waals surface area (Å²) in [5, 5.41) is 3.23. The van der Waals surface area contributed by atoms with Gasteiger partial charge in [0.2, 0.25) is 0 Å². The number of ether oxygens (including phenoxy) is 1. The van der Waals surface area contributed by atoms with E-state index < -0.39 is 6.36 Å². The molecule has 0 fully saturated rings. The van der Waals surface area contributed by atoms with E-state index in [0.29, 0.717) is 5.69 Å². The lowest BCUT2D eigenvalue weighted by atomic mass is 10.2. The highest BCUT2D eigenvalue weighted by Gasteiger charge is 2.31. The molecular weight excluding hydrogens is 367 g/mol. The fourth-order valence-electron chi connectivity index (χ4n) is 2.61. The maximum Gasteiger partial charge on any atom is 0.573 e. The third-order valence-corrected chi connectivity index (χ3v) is 4.19. The van der Waals surface area contributed by atoms with Crippen LogP contribution in [0.5, 0.6) is 5.75 Å². The highest BCUT2D eigenvalue weighted by molar-refractivity contribution is 6.05. The van der Waals surface area contributed by atoms with Crippen molar-refractivity contribution < 1.29 is 17.9 Å². The summed E-state index contributed by atoms with van der Waals surface area (Å²) in [5.41, 5.74) is 3.66. The number of amidine groups is 1. The van der Waals surface area contributed by atoms with Gasteiger partial charge in [-0.2, -0.15) is 0 Å². The molecule has 0 amide bonds. The van der Waals surface area contributed by atoms with Gasteiger partial charge in [0, 0.05) is 35.9 Å². The van der Waals surface area contributed by atoms with E-state index in [4.69, 9.17) is 0 Å². The number of benzene rings is 1. The molecule has 0 saturated carbocycles. The number of aliphatic imine (C=N–C) groups is 1. The topological polar surface area (TPSA) is 36.9 Å². The molecule has 2 rings (SSSR count). The molecule has 0 aromatic heterocycles. The number of nitrogens with one attached hydrogen (secondary N) is 1. The molecule has 0 bridgehead atoms. The molecule has 1 N–H and O–H groups in total. The predicted octanol–water partition coefficient (Wildman–Crippen LogP) is 6.22. The van der Waals surface area contributed by atoms with E-state index >= 15 is 0 Å². The van der Waals surface area contributed by atoms with E-state index in [1.807, 2.05) is 32.3 Å². The first kappa shape index (κ1) is 21.6. The van der Waals surface area contributed by atoms with Crippen LogP contribution in [-0.4, -0.2) is 23.6 Å². The predicted molar refractivity (Wildman–Crippen MR) is 107 cm³/mol. The number of anilines is 1. The second kappa shape index (κ2) is 9.48. The summed E-state index contributed by atoms with van der Waals surface area (Å²) < 4.78 is 40.7. The minimum absolute atomic E-state index is 0.249. The Morgan fingerprint density at radius 3 is 2.43 bits per heavy atom. The van der Waals surface area contributed by atoms with Crippen molar-refractivity contribution in [3.05, 3.63) is 59.6 Å².